The van der Waals surface area contributed by atoms with Gasteiger partial charge in [0.15, 0.2) is 0 Å². The summed E-state index contributed by atoms with van der Waals surface area (Å²) < 4.78 is 0. The van der Waals surface area contributed by atoms with E-state index >= 15 is 0 Å². The van der Waals surface area contributed by atoms with E-state index in [0.29, 0.717) is 12.1 Å². The zero-order chi connectivity index (χ0) is 8.81. The largest absolute Gasteiger partial charge is 0.411 e. The van der Waals surface area contributed by atoms with Crippen molar-refractivity contribution in [3.8, 4) is 12.3 Å². The zero-order valence-electron chi connectivity index (χ0n) is 6.44. The van der Waals surface area contributed by atoms with Gasteiger partial charge in [0, 0.05) is 18.0 Å². The lowest BCUT2D eigenvalue weighted by molar-refractivity contribution is 0.318. The smallest absolute Gasteiger partial charge is 0.100 e. The first kappa shape index (κ1) is 8.28. The maximum absolute atomic E-state index is 8.58. The molecule has 0 fully saturated rings. The minimum atomic E-state index is 0.308. The average Bonchev–Trinajstić information content (AvgIpc) is 2.15. The van der Waals surface area contributed by atoms with Crippen molar-refractivity contribution < 1.29 is 5.21 Å². The van der Waals surface area contributed by atoms with E-state index in [1.165, 1.54) is 0 Å². The number of oxime groups is 1. The Kier molecular flexibility index (Phi) is 2.86. The molecule has 0 saturated carbocycles. The lowest BCUT2D eigenvalue weighted by Crippen LogP contribution is -1.99. The summed E-state index contributed by atoms with van der Waals surface area (Å²) in [6.07, 6.45) is 8.64. The predicted octanol–water partition coefficient (Wildman–Crippen LogP) is 1.28. The molecule has 0 aromatic carbocycles. The lowest BCUT2D eigenvalue weighted by atomic mass is 10.1. The number of rotatable bonds is 2. The van der Waals surface area contributed by atoms with Crippen LogP contribution in [0.4, 0.5) is 0 Å². The zero-order valence-corrected chi connectivity index (χ0v) is 6.44. The van der Waals surface area contributed by atoms with Gasteiger partial charge in [0.2, 0.25) is 0 Å². The Bertz CT molecular complexity index is 311. The molecule has 1 N–H and O–H groups in total. The van der Waals surface area contributed by atoms with Gasteiger partial charge in [-0.05, 0) is 12.1 Å². The molecule has 1 heterocycles. The van der Waals surface area contributed by atoms with Gasteiger partial charge in [0.05, 0.1) is 6.42 Å². The molecular weight excluding hydrogens is 152 g/mol. The normalized spacial score (nSPS) is 10.8. The molecular formula is C9H8N2O. The van der Waals surface area contributed by atoms with Gasteiger partial charge in [-0.25, -0.2) is 0 Å². The van der Waals surface area contributed by atoms with Crippen LogP contribution in [0, 0.1) is 12.3 Å². The number of aromatic nitrogens is 1. The van der Waals surface area contributed by atoms with Crippen LogP contribution in [0.3, 0.4) is 0 Å². The van der Waals surface area contributed by atoms with E-state index in [2.05, 4.69) is 16.1 Å². The van der Waals surface area contributed by atoms with Crippen molar-refractivity contribution in [1.82, 2.24) is 4.98 Å². The molecule has 3 nitrogen and oxygen atoms in total. The number of terminal acetylenes is 1. The van der Waals surface area contributed by atoms with Crippen LogP contribution >= 0.6 is 0 Å². The molecule has 0 radical (unpaired) electrons. The van der Waals surface area contributed by atoms with Crippen LogP contribution in [0.1, 0.15) is 12.0 Å². The summed E-state index contributed by atoms with van der Waals surface area (Å²) in [6.45, 7) is 0. The van der Waals surface area contributed by atoms with Crippen LogP contribution in [0.15, 0.2) is 29.7 Å². The van der Waals surface area contributed by atoms with Gasteiger partial charge in [0.25, 0.3) is 0 Å². The van der Waals surface area contributed by atoms with Crippen LogP contribution in [0.2, 0.25) is 0 Å². The van der Waals surface area contributed by atoms with Crippen LogP contribution in [0.25, 0.3) is 0 Å². The molecule has 1 rings (SSSR count). The molecule has 0 spiro atoms. The third kappa shape index (κ3) is 1.83. The Labute approximate surface area is 70.8 Å². The highest BCUT2D eigenvalue weighted by Gasteiger charge is 2.00. The number of hydrogen-bond acceptors (Lipinski definition) is 3. The van der Waals surface area contributed by atoms with Crippen molar-refractivity contribution in [1.29, 1.82) is 0 Å². The van der Waals surface area contributed by atoms with Gasteiger partial charge in [-0.15, -0.1) is 12.3 Å². The van der Waals surface area contributed by atoms with Crippen molar-refractivity contribution in [3.05, 3.63) is 30.1 Å². The highest BCUT2D eigenvalue weighted by Crippen LogP contribution is 2.01. The fraction of sp³-hybridized carbons (Fsp3) is 0.111. The second-order valence-electron chi connectivity index (χ2n) is 2.17. The first-order valence-corrected chi connectivity index (χ1v) is 3.43. The Morgan fingerprint density at radius 2 is 2.58 bits per heavy atom. The SMILES string of the molecule is C#CCC(=NO)c1cccnc1. The van der Waals surface area contributed by atoms with E-state index in [1.807, 2.05) is 0 Å². The summed E-state index contributed by atoms with van der Waals surface area (Å²) >= 11 is 0. The molecule has 0 aliphatic rings. The predicted molar refractivity (Wildman–Crippen MR) is 46.0 cm³/mol. The molecule has 1 aromatic heterocycles. The minimum Gasteiger partial charge on any atom is -0.411 e. The highest BCUT2D eigenvalue weighted by molar-refractivity contribution is 6.01. The Morgan fingerprint density at radius 3 is 3.08 bits per heavy atom. The van der Waals surface area contributed by atoms with Crippen molar-refractivity contribution >= 4 is 5.71 Å². The summed E-state index contributed by atoms with van der Waals surface area (Å²) in [6, 6.07) is 3.55. The molecule has 0 atom stereocenters. The molecule has 1 aromatic rings. The topological polar surface area (TPSA) is 45.5 Å². The van der Waals surface area contributed by atoms with Crippen LogP contribution in [-0.2, 0) is 0 Å². The standard InChI is InChI=1S/C9H8N2O/c1-2-4-9(11-12)8-5-3-6-10-7-8/h1,3,5-7,12H,4H2. The second kappa shape index (κ2) is 4.14. The van der Waals surface area contributed by atoms with Crippen LogP contribution in [-0.4, -0.2) is 15.9 Å². The van der Waals surface area contributed by atoms with Crippen molar-refractivity contribution in [2.75, 3.05) is 0 Å². The summed E-state index contributed by atoms with van der Waals surface area (Å²) in [4.78, 5) is 3.88. The Balaban J connectivity index is 2.91. The quantitative estimate of drug-likeness (QED) is 0.306. The van der Waals surface area contributed by atoms with Crippen molar-refractivity contribution in [2.45, 2.75) is 6.42 Å². The number of nitrogens with zero attached hydrogens (tertiary/aromatic N) is 2. The Hall–Kier alpha value is -1.82. The van der Waals surface area contributed by atoms with Crippen LogP contribution < -0.4 is 0 Å². The second-order valence-corrected chi connectivity index (χ2v) is 2.17. The van der Waals surface area contributed by atoms with Crippen molar-refractivity contribution in [2.24, 2.45) is 5.16 Å². The van der Waals surface area contributed by atoms with Gasteiger partial charge in [-0.1, -0.05) is 5.16 Å². The third-order valence-corrected chi connectivity index (χ3v) is 1.38. The van der Waals surface area contributed by atoms with E-state index in [4.69, 9.17) is 11.6 Å². The highest BCUT2D eigenvalue weighted by atomic mass is 16.4. The molecule has 60 valence electrons. The maximum atomic E-state index is 8.58. The van der Waals surface area contributed by atoms with Gasteiger partial charge in [0.1, 0.15) is 5.71 Å². The summed E-state index contributed by atoms with van der Waals surface area (Å²) in [7, 11) is 0. The number of hydrogen-bond donors (Lipinski definition) is 1. The first-order chi connectivity index (χ1) is 5.88. The molecule has 0 aliphatic heterocycles. The fourth-order valence-electron chi connectivity index (χ4n) is 0.825. The monoisotopic (exact) mass is 160 g/mol. The molecule has 0 aliphatic carbocycles. The molecule has 12 heavy (non-hydrogen) atoms. The van der Waals surface area contributed by atoms with E-state index in [1.54, 1.807) is 24.5 Å². The van der Waals surface area contributed by atoms with E-state index in [0.717, 1.165) is 5.56 Å². The molecule has 0 saturated heterocycles. The van der Waals surface area contributed by atoms with Gasteiger partial charge in [-0.3, -0.25) is 4.98 Å². The summed E-state index contributed by atoms with van der Waals surface area (Å²) in [5.74, 6) is 2.40. The Morgan fingerprint density at radius 1 is 1.75 bits per heavy atom. The van der Waals surface area contributed by atoms with Gasteiger partial charge >= 0.3 is 0 Å². The van der Waals surface area contributed by atoms with Gasteiger partial charge in [-0.2, -0.15) is 0 Å². The van der Waals surface area contributed by atoms with E-state index < -0.39 is 0 Å². The fourth-order valence-corrected chi connectivity index (χ4v) is 0.825. The lowest BCUT2D eigenvalue weighted by Gasteiger charge is -1.97. The first-order valence-electron chi connectivity index (χ1n) is 3.43. The van der Waals surface area contributed by atoms with E-state index in [9.17, 15) is 0 Å². The van der Waals surface area contributed by atoms with Crippen molar-refractivity contribution in [3.63, 3.8) is 0 Å². The molecule has 0 unspecified atom stereocenters. The average molecular weight is 160 g/mol. The molecule has 3 heteroatoms. The number of pyridine rings is 1. The minimum absolute atomic E-state index is 0.308. The third-order valence-electron chi connectivity index (χ3n) is 1.38. The molecule has 0 bridgehead atoms. The van der Waals surface area contributed by atoms with Crippen LogP contribution in [0.5, 0.6) is 0 Å². The molecule has 0 amide bonds. The van der Waals surface area contributed by atoms with E-state index in [-0.39, 0.29) is 0 Å². The summed E-state index contributed by atoms with van der Waals surface area (Å²) in [5, 5.41) is 11.7. The summed E-state index contributed by atoms with van der Waals surface area (Å²) in [5.41, 5.74) is 1.21. The van der Waals surface area contributed by atoms with Gasteiger partial charge < -0.3 is 5.21 Å². The maximum Gasteiger partial charge on any atom is 0.100 e.